The SMILES string of the molecule is CN=C(NCCC1=CCOCC1)NC(C)c1ccc(CC(C)C)cc1.I. The first-order chi connectivity index (χ1) is 12.1. The molecule has 1 aromatic carbocycles. The van der Waals surface area contributed by atoms with Gasteiger partial charge >= 0.3 is 0 Å². The van der Waals surface area contributed by atoms with E-state index >= 15 is 0 Å². The monoisotopic (exact) mass is 471 g/mol. The van der Waals surface area contributed by atoms with Gasteiger partial charge in [0.2, 0.25) is 0 Å². The Bertz CT molecular complexity index is 581. The van der Waals surface area contributed by atoms with E-state index in [2.05, 4.69) is 66.7 Å². The third-order valence-electron chi connectivity index (χ3n) is 4.50. The molecule has 0 bridgehead atoms. The Balaban J connectivity index is 0.00000338. The summed E-state index contributed by atoms with van der Waals surface area (Å²) in [6.07, 6.45) is 5.42. The largest absolute Gasteiger partial charge is 0.377 e. The van der Waals surface area contributed by atoms with Crippen molar-refractivity contribution in [3.05, 3.63) is 47.0 Å². The fraction of sp³-hybridized carbons (Fsp3) is 0.571. The summed E-state index contributed by atoms with van der Waals surface area (Å²) in [7, 11) is 1.82. The molecule has 0 aliphatic carbocycles. The highest BCUT2D eigenvalue weighted by molar-refractivity contribution is 14.0. The molecule has 1 unspecified atom stereocenters. The number of hydrogen-bond acceptors (Lipinski definition) is 2. The van der Waals surface area contributed by atoms with Crippen LogP contribution in [0.1, 0.15) is 50.8 Å². The van der Waals surface area contributed by atoms with Gasteiger partial charge in [-0.2, -0.15) is 0 Å². The molecule has 2 N–H and O–H groups in total. The van der Waals surface area contributed by atoms with Gasteiger partial charge in [0, 0.05) is 13.6 Å². The van der Waals surface area contributed by atoms with Crippen molar-refractivity contribution >= 4 is 29.9 Å². The number of hydrogen-bond donors (Lipinski definition) is 2. The van der Waals surface area contributed by atoms with E-state index in [1.807, 2.05) is 7.05 Å². The van der Waals surface area contributed by atoms with Crippen molar-refractivity contribution in [3.63, 3.8) is 0 Å². The Hall–Kier alpha value is -1.08. The van der Waals surface area contributed by atoms with Crippen LogP contribution in [0.3, 0.4) is 0 Å². The molecule has 0 fully saturated rings. The molecule has 0 amide bonds. The second-order valence-electron chi connectivity index (χ2n) is 7.14. The summed E-state index contributed by atoms with van der Waals surface area (Å²) in [6, 6.07) is 9.13. The Morgan fingerprint density at radius 3 is 2.50 bits per heavy atom. The summed E-state index contributed by atoms with van der Waals surface area (Å²) in [5, 5.41) is 6.89. The number of benzene rings is 1. The second kappa shape index (κ2) is 12.3. The molecule has 0 aromatic heterocycles. The topological polar surface area (TPSA) is 45.7 Å². The standard InChI is InChI=1S/C21H33N3O.HI/c1-16(2)15-19-5-7-20(8-6-19)17(3)24-21(22-4)23-12-9-18-10-13-25-14-11-18;/h5-8,10,16-17H,9,11-15H2,1-4H3,(H2,22,23,24);1H. The van der Waals surface area contributed by atoms with Gasteiger partial charge in [-0.1, -0.05) is 49.8 Å². The molecule has 0 radical (unpaired) electrons. The third-order valence-corrected chi connectivity index (χ3v) is 4.50. The highest BCUT2D eigenvalue weighted by Gasteiger charge is 2.09. The number of aliphatic imine (C=N–C) groups is 1. The van der Waals surface area contributed by atoms with E-state index in [0.717, 1.165) is 45.0 Å². The van der Waals surface area contributed by atoms with E-state index in [9.17, 15) is 0 Å². The van der Waals surface area contributed by atoms with Gasteiger partial charge in [-0.3, -0.25) is 4.99 Å². The fourth-order valence-electron chi connectivity index (χ4n) is 3.03. The first-order valence-electron chi connectivity index (χ1n) is 9.40. The van der Waals surface area contributed by atoms with Gasteiger partial charge in [-0.05, 0) is 43.2 Å². The van der Waals surface area contributed by atoms with Gasteiger partial charge in [0.1, 0.15) is 0 Å². The molecule has 0 saturated heterocycles. The molecule has 5 heteroatoms. The summed E-state index contributed by atoms with van der Waals surface area (Å²) in [5.41, 5.74) is 4.16. The molecule has 2 rings (SSSR count). The molecule has 1 aliphatic heterocycles. The zero-order chi connectivity index (χ0) is 18.1. The average Bonchev–Trinajstić information content (AvgIpc) is 2.61. The van der Waals surface area contributed by atoms with Crippen LogP contribution in [-0.2, 0) is 11.2 Å². The lowest BCUT2D eigenvalue weighted by Gasteiger charge is -2.19. The van der Waals surface area contributed by atoms with Gasteiger partial charge in [0.25, 0.3) is 0 Å². The quantitative estimate of drug-likeness (QED) is 0.267. The maximum Gasteiger partial charge on any atom is 0.191 e. The van der Waals surface area contributed by atoms with E-state index in [1.54, 1.807) is 0 Å². The minimum Gasteiger partial charge on any atom is -0.377 e. The van der Waals surface area contributed by atoms with Crippen LogP contribution in [0.15, 0.2) is 40.9 Å². The molecule has 4 nitrogen and oxygen atoms in total. The van der Waals surface area contributed by atoms with E-state index in [1.165, 1.54) is 16.7 Å². The zero-order valence-electron chi connectivity index (χ0n) is 16.5. The fourth-order valence-corrected chi connectivity index (χ4v) is 3.03. The number of halogens is 1. The van der Waals surface area contributed by atoms with Gasteiger partial charge < -0.3 is 15.4 Å². The van der Waals surface area contributed by atoms with Crippen molar-refractivity contribution < 1.29 is 4.74 Å². The highest BCUT2D eigenvalue weighted by atomic mass is 127. The third kappa shape index (κ3) is 8.08. The van der Waals surface area contributed by atoms with Crippen LogP contribution in [0.2, 0.25) is 0 Å². The highest BCUT2D eigenvalue weighted by Crippen LogP contribution is 2.15. The van der Waals surface area contributed by atoms with Crippen molar-refractivity contribution in [2.75, 3.05) is 26.8 Å². The van der Waals surface area contributed by atoms with Crippen LogP contribution in [-0.4, -0.2) is 32.8 Å². The first kappa shape index (κ1) is 23.0. The maximum atomic E-state index is 5.35. The molecule has 1 aromatic rings. The summed E-state index contributed by atoms with van der Waals surface area (Å²) in [4.78, 5) is 4.34. The Kier molecular flexibility index (Phi) is 10.9. The van der Waals surface area contributed by atoms with Gasteiger partial charge in [0.15, 0.2) is 5.96 Å². The molecular formula is C21H34IN3O. The maximum absolute atomic E-state index is 5.35. The van der Waals surface area contributed by atoms with Crippen molar-refractivity contribution in [1.82, 2.24) is 10.6 Å². The molecule has 1 aliphatic rings. The summed E-state index contributed by atoms with van der Waals surface area (Å²) >= 11 is 0. The van der Waals surface area contributed by atoms with Gasteiger partial charge in [-0.15, -0.1) is 24.0 Å². The predicted molar refractivity (Wildman–Crippen MR) is 121 cm³/mol. The summed E-state index contributed by atoms with van der Waals surface area (Å²) in [6.45, 7) is 9.18. The molecule has 1 heterocycles. The Morgan fingerprint density at radius 2 is 1.92 bits per heavy atom. The van der Waals surface area contributed by atoms with Crippen molar-refractivity contribution in [2.45, 2.75) is 46.1 Å². The van der Waals surface area contributed by atoms with Gasteiger partial charge in [0.05, 0.1) is 19.3 Å². The molecule has 0 saturated carbocycles. The Morgan fingerprint density at radius 1 is 1.19 bits per heavy atom. The van der Waals surface area contributed by atoms with Crippen molar-refractivity contribution in [3.8, 4) is 0 Å². The van der Waals surface area contributed by atoms with Crippen LogP contribution in [0.5, 0.6) is 0 Å². The summed E-state index contributed by atoms with van der Waals surface area (Å²) in [5.74, 6) is 1.54. The lowest BCUT2D eigenvalue weighted by molar-refractivity contribution is 0.153. The van der Waals surface area contributed by atoms with Crippen LogP contribution in [0.25, 0.3) is 0 Å². The zero-order valence-corrected chi connectivity index (χ0v) is 18.9. The molecule has 0 spiro atoms. The molecule has 1 atom stereocenters. The predicted octanol–water partition coefficient (Wildman–Crippen LogP) is 4.47. The van der Waals surface area contributed by atoms with Crippen LogP contribution < -0.4 is 10.6 Å². The normalized spacial score (nSPS) is 15.9. The van der Waals surface area contributed by atoms with E-state index in [-0.39, 0.29) is 30.0 Å². The summed E-state index contributed by atoms with van der Waals surface area (Å²) < 4.78 is 5.35. The average molecular weight is 471 g/mol. The second-order valence-corrected chi connectivity index (χ2v) is 7.14. The van der Waals surface area contributed by atoms with Crippen molar-refractivity contribution in [2.24, 2.45) is 10.9 Å². The molecule has 146 valence electrons. The van der Waals surface area contributed by atoms with E-state index < -0.39 is 0 Å². The first-order valence-corrected chi connectivity index (χ1v) is 9.40. The number of rotatable bonds is 7. The van der Waals surface area contributed by atoms with Crippen LogP contribution >= 0.6 is 24.0 Å². The number of ether oxygens (including phenoxy) is 1. The lowest BCUT2D eigenvalue weighted by Crippen LogP contribution is -2.39. The molecular weight excluding hydrogens is 437 g/mol. The van der Waals surface area contributed by atoms with Crippen LogP contribution in [0.4, 0.5) is 0 Å². The van der Waals surface area contributed by atoms with E-state index in [0.29, 0.717) is 5.92 Å². The van der Waals surface area contributed by atoms with E-state index in [4.69, 9.17) is 4.74 Å². The smallest absolute Gasteiger partial charge is 0.191 e. The van der Waals surface area contributed by atoms with Crippen molar-refractivity contribution in [1.29, 1.82) is 0 Å². The number of guanidine groups is 1. The minimum absolute atomic E-state index is 0. The lowest BCUT2D eigenvalue weighted by atomic mass is 10.00. The Labute approximate surface area is 175 Å². The van der Waals surface area contributed by atoms with Gasteiger partial charge in [-0.25, -0.2) is 0 Å². The minimum atomic E-state index is 0. The number of nitrogens with zero attached hydrogens (tertiary/aromatic N) is 1. The molecule has 26 heavy (non-hydrogen) atoms. The number of nitrogens with one attached hydrogen (secondary N) is 2. The van der Waals surface area contributed by atoms with Crippen LogP contribution in [0, 0.1) is 5.92 Å².